The molecule has 0 aliphatic carbocycles. The second kappa shape index (κ2) is 5.98. The van der Waals surface area contributed by atoms with Crippen molar-refractivity contribution in [1.82, 2.24) is 9.97 Å². The Morgan fingerprint density at radius 3 is 2.38 bits per heavy atom. The maximum atomic E-state index is 9.01. The molecule has 0 saturated carbocycles. The summed E-state index contributed by atoms with van der Waals surface area (Å²) in [6, 6.07) is 19.6. The number of benzene rings is 2. The van der Waals surface area contributed by atoms with Gasteiger partial charge in [0.05, 0.1) is 17.6 Å². The highest BCUT2D eigenvalue weighted by Gasteiger charge is 2.21. The van der Waals surface area contributed by atoms with Crippen molar-refractivity contribution in [2.45, 2.75) is 5.92 Å². The van der Waals surface area contributed by atoms with Crippen LogP contribution in [-0.4, -0.2) is 9.97 Å². The van der Waals surface area contributed by atoms with E-state index >= 15 is 0 Å². The van der Waals surface area contributed by atoms with Gasteiger partial charge in [0.15, 0.2) is 0 Å². The Balaban J connectivity index is 1.88. The lowest BCUT2D eigenvalue weighted by atomic mass is 9.90. The highest BCUT2D eigenvalue weighted by molar-refractivity contribution is 5.78. The summed E-state index contributed by atoms with van der Waals surface area (Å²) in [5, 5.41) is 10.1. The zero-order valence-electron chi connectivity index (χ0n) is 12.8. The number of nitriles is 1. The Morgan fingerprint density at radius 2 is 1.67 bits per heavy atom. The highest BCUT2D eigenvalue weighted by atomic mass is 16.3. The molecule has 2 aromatic carbocycles. The van der Waals surface area contributed by atoms with Crippen LogP contribution in [-0.2, 0) is 0 Å². The quantitative estimate of drug-likeness (QED) is 0.566. The number of furan rings is 1. The Morgan fingerprint density at radius 1 is 0.917 bits per heavy atom. The summed E-state index contributed by atoms with van der Waals surface area (Å²) >= 11 is 0. The number of hydrogen-bond donors (Lipinski definition) is 0. The van der Waals surface area contributed by atoms with Gasteiger partial charge in [0.2, 0.25) is 0 Å². The third-order valence-corrected chi connectivity index (χ3v) is 4.02. The topological polar surface area (TPSA) is 62.7 Å². The first-order valence-electron chi connectivity index (χ1n) is 7.58. The van der Waals surface area contributed by atoms with Gasteiger partial charge in [-0.05, 0) is 29.8 Å². The molecule has 0 bridgehead atoms. The molecule has 0 aliphatic heterocycles. The second-order valence-corrected chi connectivity index (χ2v) is 5.53. The smallest absolute Gasteiger partial charge is 0.134 e. The van der Waals surface area contributed by atoms with Crippen molar-refractivity contribution in [3.63, 3.8) is 0 Å². The van der Waals surface area contributed by atoms with Crippen molar-refractivity contribution in [2.75, 3.05) is 0 Å². The lowest BCUT2D eigenvalue weighted by Crippen LogP contribution is -2.03. The van der Waals surface area contributed by atoms with Crippen molar-refractivity contribution in [1.29, 1.82) is 5.26 Å². The van der Waals surface area contributed by atoms with E-state index in [1.165, 1.54) is 6.33 Å². The summed E-state index contributed by atoms with van der Waals surface area (Å²) in [6.07, 6.45) is 5.10. The van der Waals surface area contributed by atoms with Gasteiger partial charge in [-0.25, -0.2) is 9.97 Å². The van der Waals surface area contributed by atoms with Crippen LogP contribution in [0.15, 0.2) is 77.7 Å². The lowest BCUT2D eigenvalue weighted by molar-refractivity contribution is 0.541. The first kappa shape index (κ1) is 14.2. The van der Waals surface area contributed by atoms with Crippen molar-refractivity contribution in [2.24, 2.45) is 0 Å². The fourth-order valence-corrected chi connectivity index (χ4v) is 2.88. The van der Waals surface area contributed by atoms with Crippen LogP contribution in [0, 0.1) is 11.3 Å². The van der Waals surface area contributed by atoms with Gasteiger partial charge in [0.1, 0.15) is 17.7 Å². The molecule has 0 saturated heterocycles. The largest absolute Gasteiger partial charge is 0.460 e. The van der Waals surface area contributed by atoms with Crippen LogP contribution in [0.1, 0.15) is 28.4 Å². The summed E-state index contributed by atoms with van der Waals surface area (Å²) in [5.41, 5.74) is 3.46. The maximum absolute atomic E-state index is 9.01. The Hall–Kier alpha value is -3.45. The fourth-order valence-electron chi connectivity index (χ4n) is 2.88. The van der Waals surface area contributed by atoms with Crippen molar-refractivity contribution in [3.8, 4) is 6.07 Å². The first-order chi connectivity index (χ1) is 11.8. The van der Waals surface area contributed by atoms with Gasteiger partial charge in [-0.3, -0.25) is 0 Å². The van der Waals surface area contributed by atoms with Crippen LogP contribution in [0.25, 0.3) is 11.0 Å². The van der Waals surface area contributed by atoms with E-state index in [-0.39, 0.29) is 5.92 Å². The molecular weight excluding hydrogens is 298 g/mol. The van der Waals surface area contributed by atoms with E-state index in [1.54, 1.807) is 12.4 Å². The number of fused-ring (bicyclic) bond motifs is 1. The molecule has 4 aromatic rings. The Bertz CT molecular complexity index is 981. The van der Waals surface area contributed by atoms with Crippen LogP contribution in [0.5, 0.6) is 0 Å². The van der Waals surface area contributed by atoms with E-state index in [2.05, 4.69) is 16.0 Å². The van der Waals surface area contributed by atoms with Gasteiger partial charge in [-0.1, -0.05) is 30.3 Å². The predicted molar refractivity (Wildman–Crippen MR) is 90.3 cm³/mol. The molecule has 24 heavy (non-hydrogen) atoms. The summed E-state index contributed by atoms with van der Waals surface area (Å²) < 4.78 is 6.08. The predicted octanol–water partition coefficient (Wildman–Crippen LogP) is 4.27. The fraction of sp³-hybridized carbons (Fsp3) is 0.0500. The molecular formula is C20H13N3O. The van der Waals surface area contributed by atoms with Crippen molar-refractivity contribution in [3.05, 3.63) is 95.8 Å². The second-order valence-electron chi connectivity index (χ2n) is 5.53. The normalized spacial score (nSPS) is 12.0. The molecule has 0 N–H and O–H groups in total. The third-order valence-electron chi connectivity index (χ3n) is 4.02. The average Bonchev–Trinajstić information content (AvgIpc) is 3.07. The SMILES string of the molecule is N#Cc1ccc(C(c2cncnc2)c2cc3ccccc3o2)cc1. The first-order valence-corrected chi connectivity index (χ1v) is 7.58. The van der Waals surface area contributed by atoms with Crippen LogP contribution < -0.4 is 0 Å². The van der Waals surface area contributed by atoms with Crippen LogP contribution in [0.3, 0.4) is 0 Å². The minimum Gasteiger partial charge on any atom is -0.460 e. The molecule has 4 rings (SSSR count). The standard InChI is InChI=1S/C20H13N3O/c21-10-14-5-7-15(8-6-14)20(17-11-22-13-23-12-17)19-9-16-3-1-2-4-18(16)24-19/h1-9,11-13,20H. The lowest BCUT2D eigenvalue weighted by Gasteiger charge is -2.15. The minimum atomic E-state index is -0.119. The summed E-state index contributed by atoms with van der Waals surface area (Å²) in [5.74, 6) is 0.710. The average molecular weight is 311 g/mol. The molecule has 0 amide bonds. The van der Waals surface area contributed by atoms with E-state index in [4.69, 9.17) is 9.68 Å². The van der Waals surface area contributed by atoms with E-state index < -0.39 is 0 Å². The van der Waals surface area contributed by atoms with Crippen LogP contribution in [0.2, 0.25) is 0 Å². The molecule has 1 unspecified atom stereocenters. The number of hydrogen-bond acceptors (Lipinski definition) is 4. The van der Waals surface area contributed by atoms with Gasteiger partial charge in [-0.2, -0.15) is 5.26 Å². The monoisotopic (exact) mass is 311 g/mol. The van der Waals surface area contributed by atoms with Gasteiger partial charge in [0.25, 0.3) is 0 Å². The van der Waals surface area contributed by atoms with E-state index in [9.17, 15) is 0 Å². The van der Waals surface area contributed by atoms with E-state index in [0.29, 0.717) is 5.56 Å². The van der Waals surface area contributed by atoms with Gasteiger partial charge < -0.3 is 4.42 Å². The zero-order chi connectivity index (χ0) is 16.4. The van der Waals surface area contributed by atoms with Crippen LogP contribution in [0.4, 0.5) is 0 Å². The number of nitrogens with zero attached hydrogens (tertiary/aromatic N) is 3. The molecule has 2 aromatic heterocycles. The number of para-hydroxylation sites is 1. The minimum absolute atomic E-state index is 0.119. The Labute approximate surface area is 139 Å². The third kappa shape index (κ3) is 2.53. The molecule has 0 aliphatic rings. The zero-order valence-corrected chi connectivity index (χ0v) is 12.8. The van der Waals surface area contributed by atoms with Gasteiger partial charge in [0, 0.05) is 23.3 Å². The maximum Gasteiger partial charge on any atom is 0.134 e. The summed E-state index contributed by atoms with van der Waals surface area (Å²) in [7, 11) is 0. The van der Waals surface area contributed by atoms with E-state index in [0.717, 1.165) is 27.9 Å². The Kier molecular flexibility index (Phi) is 3.53. The van der Waals surface area contributed by atoms with Crippen molar-refractivity contribution < 1.29 is 4.42 Å². The molecule has 2 heterocycles. The molecule has 0 fully saturated rings. The summed E-state index contributed by atoms with van der Waals surface area (Å²) in [4.78, 5) is 8.28. The molecule has 0 radical (unpaired) electrons. The number of rotatable bonds is 3. The van der Waals surface area contributed by atoms with E-state index in [1.807, 2.05) is 54.6 Å². The summed E-state index contributed by atoms with van der Waals surface area (Å²) in [6.45, 7) is 0. The van der Waals surface area contributed by atoms with Gasteiger partial charge in [-0.15, -0.1) is 0 Å². The molecule has 4 nitrogen and oxygen atoms in total. The molecule has 1 atom stereocenters. The number of aromatic nitrogens is 2. The molecule has 0 spiro atoms. The molecule has 4 heteroatoms. The molecule has 114 valence electrons. The van der Waals surface area contributed by atoms with Crippen LogP contribution >= 0.6 is 0 Å². The highest BCUT2D eigenvalue weighted by Crippen LogP contribution is 2.34. The van der Waals surface area contributed by atoms with Gasteiger partial charge >= 0.3 is 0 Å². The van der Waals surface area contributed by atoms with Crippen molar-refractivity contribution >= 4 is 11.0 Å².